The molecule has 5 nitrogen and oxygen atoms in total. The first-order valence-electron chi connectivity index (χ1n) is 10.3. The molecule has 1 aliphatic rings. The number of nitrogens with zero attached hydrogens (tertiary/aromatic N) is 1. The molecule has 0 aromatic heterocycles. The van der Waals surface area contributed by atoms with Crippen LogP contribution in [0.5, 0.6) is 0 Å². The number of rotatable bonds is 11. The van der Waals surface area contributed by atoms with Crippen LogP contribution in [0.4, 0.5) is 0 Å². The molecular weight excluding hydrogens is 354 g/mol. The van der Waals surface area contributed by atoms with Crippen LogP contribution in [0.2, 0.25) is 0 Å². The predicted molar refractivity (Wildman–Crippen MR) is 109 cm³/mol. The predicted octanol–water partition coefficient (Wildman–Crippen LogP) is 4.16. The van der Waals surface area contributed by atoms with Crippen LogP contribution >= 0.6 is 0 Å². The Morgan fingerprint density at radius 1 is 1.07 bits per heavy atom. The first kappa shape index (κ1) is 21.9. The van der Waals surface area contributed by atoms with Crippen molar-refractivity contribution in [3.63, 3.8) is 0 Å². The van der Waals surface area contributed by atoms with Gasteiger partial charge in [0.05, 0.1) is 6.04 Å². The smallest absolute Gasteiger partial charge is 0.303 e. The Morgan fingerprint density at radius 3 is 2.57 bits per heavy atom. The minimum atomic E-state index is -0.756. The number of benzene rings is 1. The van der Waals surface area contributed by atoms with Crippen LogP contribution in [0.25, 0.3) is 0 Å². The van der Waals surface area contributed by atoms with E-state index in [1.807, 2.05) is 41.3 Å². The Morgan fingerprint density at radius 2 is 1.82 bits per heavy atom. The van der Waals surface area contributed by atoms with Crippen molar-refractivity contribution < 1.29 is 19.5 Å². The summed E-state index contributed by atoms with van der Waals surface area (Å²) in [6.45, 7) is 0.674. The Bertz CT molecular complexity index is 668. The summed E-state index contributed by atoms with van der Waals surface area (Å²) in [5, 5.41) is 8.68. The molecular formula is C23H31NO4. The molecule has 1 aromatic carbocycles. The van der Waals surface area contributed by atoms with Gasteiger partial charge in [-0.3, -0.25) is 14.4 Å². The Balaban J connectivity index is 1.86. The Hall–Kier alpha value is -2.43. The van der Waals surface area contributed by atoms with E-state index in [0.717, 1.165) is 44.1 Å². The number of carbonyl (C=O) groups is 3. The van der Waals surface area contributed by atoms with Gasteiger partial charge >= 0.3 is 5.97 Å². The number of hydrogen-bond acceptors (Lipinski definition) is 3. The summed E-state index contributed by atoms with van der Waals surface area (Å²) in [7, 11) is 0. The molecule has 0 bridgehead atoms. The van der Waals surface area contributed by atoms with Gasteiger partial charge in [0.15, 0.2) is 5.78 Å². The topological polar surface area (TPSA) is 74.7 Å². The van der Waals surface area contributed by atoms with E-state index in [-0.39, 0.29) is 24.2 Å². The molecule has 1 N–H and O–H groups in total. The second-order valence-electron chi connectivity index (χ2n) is 7.45. The van der Waals surface area contributed by atoms with Crippen molar-refractivity contribution in [2.75, 3.05) is 6.54 Å². The van der Waals surface area contributed by atoms with E-state index < -0.39 is 5.97 Å². The SMILES string of the molecule is O=C(O)CCCCCCN1C(=O)CCCCC1C=CC(=O)Cc1ccccc1. The van der Waals surface area contributed by atoms with E-state index in [2.05, 4.69) is 0 Å². The van der Waals surface area contributed by atoms with Crippen molar-refractivity contribution in [2.24, 2.45) is 0 Å². The van der Waals surface area contributed by atoms with Crippen molar-refractivity contribution >= 4 is 17.7 Å². The molecule has 0 spiro atoms. The number of allylic oxidation sites excluding steroid dienone is 1. The number of carbonyl (C=O) groups excluding carboxylic acids is 2. The third-order valence-electron chi connectivity index (χ3n) is 5.13. The van der Waals surface area contributed by atoms with Crippen LogP contribution in [0.1, 0.15) is 63.4 Å². The van der Waals surface area contributed by atoms with Crippen LogP contribution in [0.3, 0.4) is 0 Å². The van der Waals surface area contributed by atoms with Gasteiger partial charge in [0.25, 0.3) is 0 Å². The fraction of sp³-hybridized carbons (Fsp3) is 0.522. The molecule has 1 heterocycles. The van der Waals surface area contributed by atoms with Crippen molar-refractivity contribution in [1.82, 2.24) is 4.90 Å². The lowest BCUT2D eigenvalue weighted by molar-refractivity contribution is -0.137. The second-order valence-corrected chi connectivity index (χ2v) is 7.45. The van der Waals surface area contributed by atoms with Crippen molar-refractivity contribution in [3.8, 4) is 0 Å². The maximum absolute atomic E-state index is 12.5. The normalized spacial score (nSPS) is 17.6. The van der Waals surface area contributed by atoms with Crippen molar-refractivity contribution in [1.29, 1.82) is 0 Å². The van der Waals surface area contributed by atoms with Gasteiger partial charge in [-0.15, -0.1) is 0 Å². The zero-order valence-corrected chi connectivity index (χ0v) is 16.5. The van der Waals surface area contributed by atoms with E-state index in [0.29, 0.717) is 25.8 Å². The molecule has 28 heavy (non-hydrogen) atoms. The molecule has 1 amide bonds. The van der Waals surface area contributed by atoms with E-state index >= 15 is 0 Å². The number of carboxylic acid groups (broad SMARTS) is 1. The molecule has 0 aliphatic carbocycles. The highest BCUT2D eigenvalue weighted by molar-refractivity contribution is 5.91. The molecule has 2 rings (SSSR count). The minimum Gasteiger partial charge on any atom is -0.481 e. The third-order valence-corrected chi connectivity index (χ3v) is 5.13. The molecule has 1 atom stereocenters. The molecule has 0 saturated carbocycles. The van der Waals surface area contributed by atoms with Gasteiger partial charge in [-0.2, -0.15) is 0 Å². The highest BCUT2D eigenvalue weighted by Gasteiger charge is 2.24. The molecule has 1 aromatic rings. The molecule has 5 heteroatoms. The number of aliphatic carboxylic acids is 1. The van der Waals surface area contributed by atoms with Gasteiger partial charge in [0.1, 0.15) is 0 Å². The summed E-state index contributed by atoms with van der Waals surface area (Å²) in [5.41, 5.74) is 0.993. The quantitative estimate of drug-likeness (QED) is 0.458. The molecule has 152 valence electrons. The third kappa shape index (κ3) is 8.07. The maximum Gasteiger partial charge on any atom is 0.303 e. The van der Waals surface area contributed by atoms with Crippen LogP contribution in [-0.4, -0.2) is 40.3 Å². The molecule has 1 unspecified atom stereocenters. The second kappa shape index (κ2) is 12.1. The fourth-order valence-corrected chi connectivity index (χ4v) is 3.59. The number of amides is 1. The zero-order valence-electron chi connectivity index (χ0n) is 16.5. The summed E-state index contributed by atoms with van der Waals surface area (Å²) < 4.78 is 0. The highest BCUT2D eigenvalue weighted by atomic mass is 16.4. The lowest BCUT2D eigenvalue weighted by Gasteiger charge is -2.28. The number of unbranched alkanes of at least 4 members (excludes halogenated alkanes) is 3. The van der Waals surface area contributed by atoms with E-state index in [4.69, 9.17) is 5.11 Å². The van der Waals surface area contributed by atoms with Gasteiger partial charge in [-0.05, 0) is 37.3 Å². The lowest BCUT2D eigenvalue weighted by atomic mass is 10.1. The van der Waals surface area contributed by atoms with Crippen molar-refractivity contribution in [3.05, 3.63) is 48.0 Å². The first-order chi connectivity index (χ1) is 13.6. The van der Waals surface area contributed by atoms with Crippen LogP contribution in [0.15, 0.2) is 42.5 Å². The van der Waals surface area contributed by atoms with Gasteiger partial charge in [0.2, 0.25) is 5.91 Å². The maximum atomic E-state index is 12.5. The number of carboxylic acids is 1. The zero-order chi connectivity index (χ0) is 20.2. The van der Waals surface area contributed by atoms with Crippen LogP contribution < -0.4 is 0 Å². The van der Waals surface area contributed by atoms with E-state index in [1.165, 1.54) is 0 Å². The fourth-order valence-electron chi connectivity index (χ4n) is 3.59. The molecule has 1 aliphatic heterocycles. The average Bonchev–Trinajstić information content (AvgIpc) is 2.85. The summed E-state index contributed by atoms with van der Waals surface area (Å²) in [6, 6.07) is 9.65. The lowest BCUT2D eigenvalue weighted by Crippen LogP contribution is -2.38. The van der Waals surface area contributed by atoms with Crippen molar-refractivity contribution in [2.45, 2.75) is 70.3 Å². The van der Waals surface area contributed by atoms with Crippen LogP contribution in [0, 0.1) is 0 Å². The summed E-state index contributed by atoms with van der Waals surface area (Å²) in [6.07, 6.45) is 10.8. The van der Waals surface area contributed by atoms with Gasteiger partial charge < -0.3 is 10.0 Å². The standard InChI is InChI=1S/C23H31NO4/c25-21(18-19-10-4-3-5-11-19)16-15-20-12-7-8-13-22(26)24(20)17-9-2-1-6-14-23(27)28/h3-5,10-11,15-16,20H,1-2,6-9,12-14,17-18H2,(H,27,28). The summed E-state index contributed by atoms with van der Waals surface area (Å²) in [4.78, 5) is 37.2. The number of hydrogen-bond donors (Lipinski definition) is 1. The van der Waals surface area contributed by atoms with Crippen LogP contribution in [-0.2, 0) is 20.8 Å². The highest BCUT2D eigenvalue weighted by Crippen LogP contribution is 2.20. The number of likely N-dealkylation sites (tertiary alicyclic amines) is 1. The Labute approximate surface area is 167 Å². The Kier molecular flexibility index (Phi) is 9.46. The van der Waals surface area contributed by atoms with Gasteiger partial charge in [-0.25, -0.2) is 0 Å². The van der Waals surface area contributed by atoms with Gasteiger partial charge in [-0.1, -0.05) is 55.7 Å². The average molecular weight is 386 g/mol. The largest absolute Gasteiger partial charge is 0.481 e. The summed E-state index contributed by atoms with van der Waals surface area (Å²) in [5.74, 6) is -0.544. The van der Waals surface area contributed by atoms with Gasteiger partial charge in [0, 0.05) is 25.8 Å². The van der Waals surface area contributed by atoms with E-state index in [1.54, 1.807) is 6.08 Å². The monoisotopic (exact) mass is 385 g/mol. The van der Waals surface area contributed by atoms with E-state index in [9.17, 15) is 14.4 Å². The molecule has 0 radical (unpaired) electrons. The number of ketones is 1. The summed E-state index contributed by atoms with van der Waals surface area (Å²) >= 11 is 0. The first-order valence-corrected chi connectivity index (χ1v) is 10.3. The minimum absolute atomic E-state index is 0.0197. The molecule has 1 saturated heterocycles. The molecule has 1 fully saturated rings.